The number of carbonyl (C=O) groups excluding carboxylic acids is 2. The van der Waals surface area contributed by atoms with Gasteiger partial charge in [-0.05, 0) is 47.4 Å². The Morgan fingerprint density at radius 1 is 0.913 bits per heavy atom. The van der Waals surface area contributed by atoms with Gasteiger partial charge < -0.3 is 11.1 Å². The van der Waals surface area contributed by atoms with E-state index in [9.17, 15) is 9.59 Å². The number of carbonyl (C=O) groups is 2. The monoisotopic (exact) mass is 311 g/mol. The van der Waals surface area contributed by atoms with Crippen molar-refractivity contribution in [3.05, 3.63) is 59.7 Å². The van der Waals surface area contributed by atoms with Crippen LogP contribution in [-0.4, -0.2) is 11.9 Å². The number of nitrogen functional groups attached to an aromatic ring is 1. The van der Waals surface area contributed by atoms with E-state index in [0.717, 1.165) is 5.56 Å². The van der Waals surface area contributed by atoms with Crippen molar-refractivity contribution in [2.75, 3.05) is 11.1 Å². The lowest BCUT2D eigenvalue weighted by Crippen LogP contribution is -2.34. The van der Waals surface area contributed by atoms with Gasteiger partial charge in [-0.1, -0.05) is 32.9 Å². The number of hydrogen-bond donors (Lipinski definition) is 3. The van der Waals surface area contributed by atoms with Crippen molar-refractivity contribution in [3.63, 3.8) is 0 Å². The minimum absolute atomic E-state index is 0.0154. The van der Waals surface area contributed by atoms with E-state index in [-0.39, 0.29) is 5.41 Å². The van der Waals surface area contributed by atoms with E-state index in [4.69, 9.17) is 5.73 Å². The van der Waals surface area contributed by atoms with E-state index in [0.29, 0.717) is 16.9 Å². The van der Waals surface area contributed by atoms with E-state index in [1.165, 1.54) is 0 Å². The maximum absolute atomic E-state index is 12.1. The second kappa shape index (κ2) is 6.52. The highest BCUT2D eigenvalue weighted by Crippen LogP contribution is 2.22. The number of urea groups is 1. The summed E-state index contributed by atoms with van der Waals surface area (Å²) < 4.78 is 0. The Bertz CT molecular complexity index is 699. The van der Waals surface area contributed by atoms with Gasteiger partial charge in [0, 0.05) is 16.9 Å². The fraction of sp³-hybridized carbons (Fsp3) is 0.222. The summed E-state index contributed by atoms with van der Waals surface area (Å²) in [6.07, 6.45) is 0. The van der Waals surface area contributed by atoms with Crippen LogP contribution in [0.15, 0.2) is 48.5 Å². The van der Waals surface area contributed by atoms with Crippen LogP contribution in [0, 0.1) is 0 Å². The minimum atomic E-state index is -0.584. The lowest BCUT2D eigenvalue weighted by Gasteiger charge is -2.19. The van der Waals surface area contributed by atoms with Crippen LogP contribution in [0.25, 0.3) is 0 Å². The SMILES string of the molecule is CC(C)(C)c1ccc(C(=O)NC(=O)Nc2ccc(N)cc2)cc1. The van der Waals surface area contributed by atoms with E-state index in [2.05, 4.69) is 31.4 Å². The molecule has 0 atom stereocenters. The van der Waals surface area contributed by atoms with E-state index >= 15 is 0 Å². The second-order valence-corrected chi connectivity index (χ2v) is 6.36. The van der Waals surface area contributed by atoms with Crippen molar-refractivity contribution in [1.29, 1.82) is 0 Å². The molecule has 2 aromatic carbocycles. The molecule has 5 nitrogen and oxygen atoms in total. The summed E-state index contributed by atoms with van der Waals surface area (Å²) in [5.41, 5.74) is 8.32. The van der Waals surface area contributed by atoms with Gasteiger partial charge in [0.25, 0.3) is 5.91 Å². The topological polar surface area (TPSA) is 84.2 Å². The van der Waals surface area contributed by atoms with Gasteiger partial charge in [-0.25, -0.2) is 4.79 Å². The molecule has 0 aliphatic heterocycles. The fourth-order valence-corrected chi connectivity index (χ4v) is 2.03. The van der Waals surface area contributed by atoms with Gasteiger partial charge in [-0.3, -0.25) is 10.1 Å². The predicted molar refractivity (Wildman–Crippen MR) is 92.5 cm³/mol. The number of nitrogens with one attached hydrogen (secondary N) is 2. The molecule has 0 aliphatic carbocycles. The smallest absolute Gasteiger partial charge is 0.326 e. The third-order valence-corrected chi connectivity index (χ3v) is 3.41. The molecule has 0 bridgehead atoms. The Labute approximate surface area is 135 Å². The van der Waals surface area contributed by atoms with Crippen molar-refractivity contribution in [1.82, 2.24) is 5.32 Å². The highest BCUT2D eigenvalue weighted by atomic mass is 16.2. The summed E-state index contributed by atoms with van der Waals surface area (Å²) in [6, 6.07) is 13.3. The van der Waals surface area contributed by atoms with E-state index in [1.54, 1.807) is 36.4 Å². The normalized spacial score (nSPS) is 10.9. The van der Waals surface area contributed by atoms with Gasteiger partial charge >= 0.3 is 6.03 Å². The van der Waals surface area contributed by atoms with Crippen LogP contribution in [0.3, 0.4) is 0 Å². The Hall–Kier alpha value is -2.82. The van der Waals surface area contributed by atoms with Crippen molar-refractivity contribution in [2.45, 2.75) is 26.2 Å². The van der Waals surface area contributed by atoms with Crippen molar-refractivity contribution >= 4 is 23.3 Å². The van der Waals surface area contributed by atoms with Crippen molar-refractivity contribution in [2.24, 2.45) is 0 Å². The van der Waals surface area contributed by atoms with Crippen LogP contribution in [0.5, 0.6) is 0 Å². The maximum Gasteiger partial charge on any atom is 0.326 e. The van der Waals surface area contributed by atoms with Gasteiger partial charge in [-0.15, -0.1) is 0 Å². The van der Waals surface area contributed by atoms with E-state index < -0.39 is 11.9 Å². The van der Waals surface area contributed by atoms with Crippen LogP contribution in [-0.2, 0) is 5.41 Å². The molecule has 0 spiro atoms. The molecule has 0 radical (unpaired) electrons. The molecule has 3 amide bonds. The third kappa shape index (κ3) is 4.57. The maximum atomic E-state index is 12.1. The first kappa shape index (κ1) is 16.5. The molecule has 120 valence electrons. The summed E-state index contributed by atoms with van der Waals surface area (Å²) >= 11 is 0. The van der Waals surface area contributed by atoms with Crippen LogP contribution in [0.1, 0.15) is 36.7 Å². The molecule has 23 heavy (non-hydrogen) atoms. The van der Waals surface area contributed by atoms with Crippen LogP contribution >= 0.6 is 0 Å². The Morgan fingerprint density at radius 2 is 1.48 bits per heavy atom. The van der Waals surface area contributed by atoms with Crippen molar-refractivity contribution < 1.29 is 9.59 Å². The predicted octanol–water partition coefficient (Wildman–Crippen LogP) is 3.53. The van der Waals surface area contributed by atoms with Gasteiger partial charge in [0.2, 0.25) is 0 Å². The quantitative estimate of drug-likeness (QED) is 0.742. The van der Waals surface area contributed by atoms with Crippen LogP contribution < -0.4 is 16.4 Å². The molecule has 2 aromatic rings. The molecular weight excluding hydrogens is 290 g/mol. The summed E-state index contributed by atoms with van der Waals surface area (Å²) in [6.45, 7) is 6.30. The summed E-state index contributed by atoms with van der Waals surface area (Å²) in [7, 11) is 0. The first-order chi connectivity index (χ1) is 10.8. The summed E-state index contributed by atoms with van der Waals surface area (Å²) in [4.78, 5) is 23.9. The molecule has 0 fully saturated rings. The molecule has 0 aliphatic rings. The lowest BCUT2D eigenvalue weighted by atomic mass is 9.87. The average molecular weight is 311 g/mol. The number of anilines is 2. The number of benzene rings is 2. The fourth-order valence-electron chi connectivity index (χ4n) is 2.03. The Kier molecular flexibility index (Phi) is 4.69. The van der Waals surface area contributed by atoms with Crippen LogP contribution in [0.2, 0.25) is 0 Å². The largest absolute Gasteiger partial charge is 0.399 e. The summed E-state index contributed by atoms with van der Waals surface area (Å²) in [5, 5.41) is 4.88. The number of hydrogen-bond acceptors (Lipinski definition) is 3. The molecule has 0 saturated heterocycles. The standard InChI is InChI=1S/C18H21N3O2/c1-18(2,3)13-6-4-12(5-7-13)16(22)21-17(23)20-15-10-8-14(19)9-11-15/h4-11H,19H2,1-3H3,(H2,20,21,22,23). The van der Waals surface area contributed by atoms with Gasteiger partial charge in [0.05, 0.1) is 0 Å². The van der Waals surface area contributed by atoms with E-state index in [1.807, 2.05) is 12.1 Å². The molecule has 5 heteroatoms. The van der Waals surface area contributed by atoms with Gasteiger partial charge in [0.15, 0.2) is 0 Å². The minimum Gasteiger partial charge on any atom is -0.399 e. The lowest BCUT2D eigenvalue weighted by molar-refractivity contribution is 0.0967. The number of amides is 3. The third-order valence-electron chi connectivity index (χ3n) is 3.41. The zero-order valence-corrected chi connectivity index (χ0v) is 13.5. The number of nitrogens with two attached hydrogens (primary N) is 1. The second-order valence-electron chi connectivity index (χ2n) is 6.36. The molecule has 0 saturated carbocycles. The van der Waals surface area contributed by atoms with Gasteiger partial charge in [-0.2, -0.15) is 0 Å². The number of rotatable bonds is 2. The van der Waals surface area contributed by atoms with Gasteiger partial charge in [0.1, 0.15) is 0 Å². The molecule has 2 rings (SSSR count). The van der Waals surface area contributed by atoms with Crippen molar-refractivity contribution in [3.8, 4) is 0 Å². The molecule has 0 heterocycles. The highest BCUT2D eigenvalue weighted by molar-refractivity contribution is 6.07. The zero-order chi connectivity index (χ0) is 17.0. The summed E-state index contributed by atoms with van der Waals surface area (Å²) in [5.74, 6) is -0.446. The zero-order valence-electron chi connectivity index (χ0n) is 13.5. The Balaban J connectivity index is 1.98. The molecule has 4 N–H and O–H groups in total. The number of imide groups is 1. The first-order valence-electron chi connectivity index (χ1n) is 7.34. The highest BCUT2D eigenvalue weighted by Gasteiger charge is 2.15. The first-order valence-corrected chi connectivity index (χ1v) is 7.34. The molecule has 0 aromatic heterocycles. The molecule has 0 unspecified atom stereocenters. The molecular formula is C18H21N3O2. The average Bonchev–Trinajstić information content (AvgIpc) is 2.49. The Morgan fingerprint density at radius 3 is 2.00 bits per heavy atom. The van der Waals surface area contributed by atoms with Crippen LogP contribution in [0.4, 0.5) is 16.2 Å².